The molecule has 1 N–H and O–H groups in total. The van der Waals surface area contributed by atoms with E-state index < -0.39 is 12.7 Å². The normalized spacial score (nSPS) is 27.2. The molecule has 17 heavy (non-hydrogen) atoms. The van der Waals surface area contributed by atoms with E-state index in [-0.39, 0.29) is 12.1 Å². The standard InChI is InChI=1S/C12H21F3N2/c13-12(14,15)9-17(11-5-6-11)8-10-4-2-1-3-7-16-10/h10-11,16H,1-9H2. The van der Waals surface area contributed by atoms with Gasteiger partial charge in [0.15, 0.2) is 0 Å². The average Bonchev–Trinajstić information content (AvgIpc) is 3.03. The van der Waals surface area contributed by atoms with E-state index >= 15 is 0 Å². The van der Waals surface area contributed by atoms with Crippen LogP contribution in [0.2, 0.25) is 0 Å². The first kappa shape index (κ1) is 13.1. The van der Waals surface area contributed by atoms with Crippen LogP contribution in [0.15, 0.2) is 0 Å². The van der Waals surface area contributed by atoms with E-state index in [1.807, 2.05) is 0 Å². The average molecular weight is 250 g/mol. The SMILES string of the molecule is FC(F)(F)CN(CC1CCCCCN1)C1CC1. The third-order valence-corrected chi connectivity index (χ3v) is 3.56. The Balaban J connectivity index is 1.83. The smallest absolute Gasteiger partial charge is 0.313 e. The van der Waals surface area contributed by atoms with Crippen molar-refractivity contribution in [2.45, 2.75) is 56.8 Å². The fourth-order valence-electron chi connectivity index (χ4n) is 2.55. The van der Waals surface area contributed by atoms with Crippen LogP contribution in [0.3, 0.4) is 0 Å². The number of halogens is 3. The maximum absolute atomic E-state index is 12.5. The number of hydrogen-bond acceptors (Lipinski definition) is 2. The molecule has 1 unspecified atom stereocenters. The molecular formula is C12H21F3N2. The molecule has 1 saturated carbocycles. The van der Waals surface area contributed by atoms with Crippen LogP contribution >= 0.6 is 0 Å². The zero-order valence-electron chi connectivity index (χ0n) is 10.1. The Morgan fingerprint density at radius 1 is 1.06 bits per heavy atom. The van der Waals surface area contributed by atoms with E-state index in [1.54, 1.807) is 4.90 Å². The third-order valence-electron chi connectivity index (χ3n) is 3.56. The van der Waals surface area contributed by atoms with E-state index in [4.69, 9.17) is 0 Å². The van der Waals surface area contributed by atoms with Gasteiger partial charge in [-0.3, -0.25) is 4.90 Å². The van der Waals surface area contributed by atoms with Gasteiger partial charge in [-0.15, -0.1) is 0 Å². The van der Waals surface area contributed by atoms with E-state index in [1.165, 1.54) is 6.42 Å². The van der Waals surface area contributed by atoms with Gasteiger partial charge in [0.25, 0.3) is 0 Å². The first-order chi connectivity index (χ1) is 8.04. The predicted molar refractivity (Wildman–Crippen MR) is 60.9 cm³/mol. The fourth-order valence-corrected chi connectivity index (χ4v) is 2.55. The predicted octanol–water partition coefficient (Wildman–Crippen LogP) is 2.55. The first-order valence-corrected chi connectivity index (χ1v) is 6.59. The number of rotatable bonds is 4. The third kappa shape index (κ3) is 4.84. The summed E-state index contributed by atoms with van der Waals surface area (Å²) in [5, 5.41) is 3.37. The van der Waals surface area contributed by atoms with Gasteiger partial charge >= 0.3 is 6.18 Å². The van der Waals surface area contributed by atoms with Crippen LogP contribution < -0.4 is 5.32 Å². The van der Waals surface area contributed by atoms with Gasteiger partial charge in [-0.1, -0.05) is 12.8 Å². The molecule has 1 atom stereocenters. The highest BCUT2D eigenvalue weighted by Gasteiger charge is 2.38. The lowest BCUT2D eigenvalue weighted by atomic mass is 10.1. The summed E-state index contributed by atoms with van der Waals surface area (Å²) in [7, 11) is 0. The summed E-state index contributed by atoms with van der Waals surface area (Å²) in [6.45, 7) is 0.773. The fraction of sp³-hybridized carbons (Fsp3) is 1.00. The maximum Gasteiger partial charge on any atom is 0.401 e. The minimum atomic E-state index is -4.06. The van der Waals surface area contributed by atoms with Crippen molar-refractivity contribution in [2.24, 2.45) is 0 Å². The molecule has 2 aliphatic rings. The highest BCUT2D eigenvalue weighted by molar-refractivity contribution is 4.88. The van der Waals surface area contributed by atoms with Gasteiger partial charge in [0.05, 0.1) is 6.54 Å². The van der Waals surface area contributed by atoms with Crippen molar-refractivity contribution in [3.8, 4) is 0 Å². The number of nitrogens with zero attached hydrogens (tertiary/aromatic N) is 1. The van der Waals surface area contributed by atoms with Gasteiger partial charge in [0, 0.05) is 18.6 Å². The monoisotopic (exact) mass is 250 g/mol. The summed E-state index contributed by atoms with van der Waals surface area (Å²) in [5.41, 5.74) is 0. The van der Waals surface area contributed by atoms with E-state index in [0.29, 0.717) is 6.54 Å². The van der Waals surface area contributed by atoms with Gasteiger partial charge in [-0.2, -0.15) is 13.2 Å². The van der Waals surface area contributed by atoms with Crippen LogP contribution in [-0.4, -0.2) is 42.8 Å². The molecule has 1 aliphatic heterocycles. The Morgan fingerprint density at radius 3 is 2.47 bits per heavy atom. The second-order valence-corrected chi connectivity index (χ2v) is 5.28. The highest BCUT2D eigenvalue weighted by atomic mass is 19.4. The Labute approximate surface area is 101 Å². The largest absolute Gasteiger partial charge is 0.401 e. The summed E-state index contributed by atoms with van der Waals surface area (Å²) >= 11 is 0. The van der Waals surface area contributed by atoms with Gasteiger partial charge < -0.3 is 5.32 Å². The summed E-state index contributed by atoms with van der Waals surface area (Å²) in [6.07, 6.45) is 2.31. The van der Waals surface area contributed by atoms with E-state index in [0.717, 1.165) is 38.6 Å². The van der Waals surface area contributed by atoms with Crippen molar-refractivity contribution >= 4 is 0 Å². The lowest BCUT2D eigenvalue weighted by Gasteiger charge is -2.28. The quantitative estimate of drug-likeness (QED) is 0.825. The highest BCUT2D eigenvalue weighted by Crippen LogP contribution is 2.30. The van der Waals surface area contributed by atoms with Gasteiger partial charge in [-0.25, -0.2) is 0 Å². The molecule has 1 aliphatic carbocycles. The van der Waals surface area contributed by atoms with Crippen LogP contribution in [-0.2, 0) is 0 Å². The first-order valence-electron chi connectivity index (χ1n) is 6.59. The minimum Gasteiger partial charge on any atom is -0.313 e. The van der Waals surface area contributed by atoms with Crippen LogP contribution in [0.1, 0.15) is 38.5 Å². The Morgan fingerprint density at radius 2 is 1.82 bits per heavy atom. The summed E-state index contributed by atoms with van der Waals surface area (Å²) < 4.78 is 37.4. The molecule has 0 amide bonds. The molecular weight excluding hydrogens is 229 g/mol. The van der Waals surface area contributed by atoms with Crippen LogP contribution in [0.4, 0.5) is 13.2 Å². The van der Waals surface area contributed by atoms with Gasteiger partial charge in [0.1, 0.15) is 0 Å². The molecule has 2 fully saturated rings. The zero-order chi connectivity index (χ0) is 12.3. The second kappa shape index (κ2) is 5.57. The van der Waals surface area contributed by atoms with Gasteiger partial charge in [-0.05, 0) is 32.2 Å². The molecule has 100 valence electrons. The summed E-state index contributed by atoms with van der Waals surface area (Å²) in [6, 6.07) is 0.433. The minimum absolute atomic E-state index is 0.182. The molecule has 2 rings (SSSR count). The number of hydrogen-bond donors (Lipinski definition) is 1. The Hall–Kier alpha value is -0.290. The van der Waals surface area contributed by atoms with Gasteiger partial charge in [0.2, 0.25) is 0 Å². The van der Waals surface area contributed by atoms with E-state index in [9.17, 15) is 13.2 Å². The lowest BCUT2D eigenvalue weighted by Crippen LogP contribution is -2.45. The Kier molecular flexibility index (Phi) is 4.31. The zero-order valence-corrected chi connectivity index (χ0v) is 10.1. The van der Waals surface area contributed by atoms with Crippen LogP contribution in [0.25, 0.3) is 0 Å². The molecule has 0 radical (unpaired) electrons. The number of alkyl halides is 3. The van der Waals surface area contributed by atoms with Crippen molar-refractivity contribution in [3.63, 3.8) is 0 Å². The molecule has 2 nitrogen and oxygen atoms in total. The van der Waals surface area contributed by atoms with Crippen molar-refractivity contribution in [3.05, 3.63) is 0 Å². The van der Waals surface area contributed by atoms with Crippen molar-refractivity contribution in [1.29, 1.82) is 0 Å². The van der Waals surface area contributed by atoms with Crippen LogP contribution in [0, 0.1) is 0 Å². The molecule has 0 aromatic heterocycles. The summed E-state index contributed by atoms with van der Waals surface area (Å²) in [4.78, 5) is 1.63. The maximum atomic E-state index is 12.5. The molecule has 0 aromatic carbocycles. The van der Waals surface area contributed by atoms with Crippen molar-refractivity contribution < 1.29 is 13.2 Å². The topological polar surface area (TPSA) is 15.3 Å². The molecule has 0 spiro atoms. The molecule has 5 heteroatoms. The molecule has 1 heterocycles. The Bertz CT molecular complexity index is 230. The summed E-state index contributed by atoms with van der Waals surface area (Å²) in [5.74, 6) is 0. The van der Waals surface area contributed by atoms with Crippen molar-refractivity contribution in [2.75, 3.05) is 19.6 Å². The number of nitrogens with one attached hydrogen (secondary N) is 1. The van der Waals surface area contributed by atoms with E-state index in [2.05, 4.69) is 5.32 Å². The second-order valence-electron chi connectivity index (χ2n) is 5.28. The molecule has 0 bridgehead atoms. The lowest BCUT2D eigenvalue weighted by molar-refractivity contribution is -0.147. The van der Waals surface area contributed by atoms with Crippen molar-refractivity contribution in [1.82, 2.24) is 10.2 Å². The molecule has 1 saturated heterocycles. The van der Waals surface area contributed by atoms with Crippen LogP contribution in [0.5, 0.6) is 0 Å². The molecule has 0 aromatic rings.